The van der Waals surface area contributed by atoms with Gasteiger partial charge in [-0.25, -0.2) is 0 Å². The van der Waals surface area contributed by atoms with Crippen LogP contribution < -0.4 is 0 Å². The van der Waals surface area contributed by atoms with Crippen molar-refractivity contribution in [3.05, 3.63) is 71.3 Å². The summed E-state index contributed by atoms with van der Waals surface area (Å²) in [6.07, 6.45) is 4.24. The molecule has 136 valence electrons. The van der Waals surface area contributed by atoms with Crippen molar-refractivity contribution < 1.29 is 14.7 Å². The van der Waals surface area contributed by atoms with E-state index in [1.165, 1.54) is 0 Å². The molecule has 1 N–H and O–H groups in total. The number of carbonyl (C=O) groups excluding carboxylic acids is 1. The summed E-state index contributed by atoms with van der Waals surface area (Å²) in [5.74, 6) is -2.44. The summed E-state index contributed by atoms with van der Waals surface area (Å²) >= 11 is 0. The van der Waals surface area contributed by atoms with Gasteiger partial charge >= 0.3 is 5.97 Å². The molecule has 0 fully saturated rings. The smallest absolute Gasteiger partial charge is 0.316 e. The molecular formula is C22H25NO3. The number of aliphatic carboxylic acids is 1. The van der Waals surface area contributed by atoms with Crippen LogP contribution in [0.15, 0.2) is 54.6 Å². The molecule has 0 bridgehead atoms. The second-order valence-electron chi connectivity index (χ2n) is 6.09. The zero-order valence-electron chi connectivity index (χ0n) is 15.3. The van der Waals surface area contributed by atoms with Crippen LogP contribution in [0.1, 0.15) is 30.5 Å². The van der Waals surface area contributed by atoms with Crippen LogP contribution in [-0.4, -0.2) is 35.0 Å². The number of hydrogen-bond acceptors (Lipinski definition) is 2. The van der Waals surface area contributed by atoms with Crippen molar-refractivity contribution in [1.29, 1.82) is 0 Å². The van der Waals surface area contributed by atoms with Gasteiger partial charge in [0.05, 0.1) is 0 Å². The Morgan fingerprint density at radius 3 is 1.96 bits per heavy atom. The maximum Gasteiger partial charge on any atom is 0.316 e. The van der Waals surface area contributed by atoms with Crippen molar-refractivity contribution in [1.82, 2.24) is 4.90 Å². The van der Waals surface area contributed by atoms with Gasteiger partial charge in [-0.05, 0) is 37.0 Å². The predicted molar refractivity (Wildman–Crippen MR) is 105 cm³/mol. The normalized spacial score (nSPS) is 12.1. The van der Waals surface area contributed by atoms with Crippen molar-refractivity contribution in [2.75, 3.05) is 13.1 Å². The molecule has 4 nitrogen and oxygen atoms in total. The first-order valence-electron chi connectivity index (χ1n) is 8.88. The fourth-order valence-electron chi connectivity index (χ4n) is 2.79. The molecule has 0 aromatic heterocycles. The topological polar surface area (TPSA) is 57.6 Å². The Kier molecular flexibility index (Phi) is 7.15. The Morgan fingerprint density at radius 1 is 0.923 bits per heavy atom. The van der Waals surface area contributed by atoms with Crippen LogP contribution in [0.3, 0.4) is 0 Å². The summed E-state index contributed by atoms with van der Waals surface area (Å²) in [4.78, 5) is 25.5. The summed E-state index contributed by atoms with van der Waals surface area (Å²) in [6.45, 7) is 4.74. The molecule has 0 aliphatic heterocycles. The number of carbonyl (C=O) groups is 2. The largest absolute Gasteiger partial charge is 0.481 e. The molecule has 2 aromatic carbocycles. The van der Waals surface area contributed by atoms with Gasteiger partial charge in [0.2, 0.25) is 5.91 Å². The zero-order valence-corrected chi connectivity index (χ0v) is 15.3. The van der Waals surface area contributed by atoms with E-state index in [4.69, 9.17) is 0 Å². The quantitative estimate of drug-likeness (QED) is 0.578. The fourth-order valence-corrected chi connectivity index (χ4v) is 2.79. The standard InChI is InChI=1S/C22H25NO3/c1-3-23(4-2)21(24)20(22(25)26)16-19-14-12-18(13-15-19)11-10-17-8-6-5-7-9-17/h5-15,20H,3-4,16H2,1-2H3,(H,25,26)/b11-10+. The van der Waals surface area contributed by atoms with E-state index in [1.54, 1.807) is 4.90 Å². The van der Waals surface area contributed by atoms with Crippen LogP contribution in [0.4, 0.5) is 0 Å². The lowest BCUT2D eigenvalue weighted by Crippen LogP contribution is -2.40. The number of rotatable bonds is 8. The lowest BCUT2D eigenvalue weighted by Gasteiger charge is -2.22. The van der Waals surface area contributed by atoms with Crippen LogP contribution in [0.2, 0.25) is 0 Å². The highest BCUT2D eigenvalue weighted by atomic mass is 16.4. The predicted octanol–water partition coefficient (Wildman–Crippen LogP) is 3.97. The first kappa shape index (κ1) is 19.4. The van der Waals surface area contributed by atoms with Gasteiger partial charge < -0.3 is 10.0 Å². The molecule has 0 aliphatic carbocycles. The summed E-state index contributed by atoms with van der Waals surface area (Å²) in [7, 11) is 0. The van der Waals surface area contributed by atoms with Crippen LogP contribution in [-0.2, 0) is 16.0 Å². The van der Waals surface area contributed by atoms with Gasteiger partial charge in [0.25, 0.3) is 0 Å². The van der Waals surface area contributed by atoms with E-state index in [9.17, 15) is 14.7 Å². The summed E-state index contributed by atoms with van der Waals surface area (Å²) in [6, 6.07) is 17.7. The fraction of sp³-hybridized carbons (Fsp3) is 0.273. The highest BCUT2D eigenvalue weighted by Crippen LogP contribution is 2.15. The first-order chi connectivity index (χ1) is 12.5. The summed E-state index contributed by atoms with van der Waals surface area (Å²) < 4.78 is 0. The number of hydrogen-bond donors (Lipinski definition) is 1. The van der Waals surface area contributed by atoms with Crippen molar-refractivity contribution in [3.63, 3.8) is 0 Å². The molecule has 4 heteroatoms. The highest BCUT2D eigenvalue weighted by Gasteiger charge is 2.29. The molecule has 1 atom stereocenters. The molecule has 1 unspecified atom stereocenters. The van der Waals surface area contributed by atoms with Crippen LogP contribution >= 0.6 is 0 Å². The zero-order chi connectivity index (χ0) is 18.9. The molecule has 1 amide bonds. The van der Waals surface area contributed by atoms with Crippen molar-refractivity contribution >= 4 is 24.0 Å². The van der Waals surface area contributed by atoms with Gasteiger partial charge in [-0.1, -0.05) is 66.7 Å². The number of nitrogens with zero attached hydrogens (tertiary/aromatic N) is 1. The summed E-state index contributed by atoms with van der Waals surface area (Å²) in [5, 5.41) is 9.45. The van der Waals surface area contributed by atoms with Crippen LogP contribution in [0.25, 0.3) is 12.2 Å². The van der Waals surface area contributed by atoms with Gasteiger partial charge in [-0.2, -0.15) is 0 Å². The minimum atomic E-state index is -1.07. The molecule has 0 saturated carbocycles. The van der Waals surface area contributed by atoms with Gasteiger partial charge in [0.1, 0.15) is 5.92 Å². The van der Waals surface area contributed by atoms with E-state index in [0.717, 1.165) is 16.7 Å². The van der Waals surface area contributed by atoms with Gasteiger partial charge in [0, 0.05) is 13.1 Å². The van der Waals surface area contributed by atoms with Crippen molar-refractivity contribution in [3.8, 4) is 0 Å². The van der Waals surface area contributed by atoms with E-state index in [2.05, 4.69) is 0 Å². The van der Waals surface area contributed by atoms with Crippen molar-refractivity contribution in [2.24, 2.45) is 5.92 Å². The molecule has 0 spiro atoms. The molecule has 2 aromatic rings. The third-order valence-corrected chi connectivity index (χ3v) is 4.36. The third kappa shape index (κ3) is 5.31. The minimum Gasteiger partial charge on any atom is -0.481 e. The number of carboxylic acids is 1. The van der Waals surface area contributed by atoms with E-state index in [1.807, 2.05) is 80.6 Å². The second-order valence-corrected chi connectivity index (χ2v) is 6.09. The van der Waals surface area contributed by atoms with E-state index < -0.39 is 11.9 Å². The minimum absolute atomic E-state index is 0.202. The molecular weight excluding hydrogens is 326 g/mol. The monoisotopic (exact) mass is 351 g/mol. The SMILES string of the molecule is CCN(CC)C(=O)C(Cc1ccc(/C=C/c2ccccc2)cc1)C(=O)O. The molecule has 0 heterocycles. The van der Waals surface area contributed by atoms with Gasteiger partial charge in [0.15, 0.2) is 0 Å². The number of amides is 1. The Bertz CT molecular complexity index is 747. The van der Waals surface area contributed by atoms with Crippen LogP contribution in [0, 0.1) is 5.92 Å². The third-order valence-electron chi connectivity index (χ3n) is 4.36. The molecule has 26 heavy (non-hydrogen) atoms. The second kappa shape index (κ2) is 9.56. The molecule has 0 radical (unpaired) electrons. The Morgan fingerprint density at radius 2 is 1.46 bits per heavy atom. The molecule has 0 saturated heterocycles. The van der Waals surface area contributed by atoms with Gasteiger partial charge in [-0.15, -0.1) is 0 Å². The maximum absolute atomic E-state index is 12.4. The lowest BCUT2D eigenvalue weighted by atomic mass is 9.97. The molecule has 2 rings (SSSR count). The number of carboxylic acid groups (broad SMARTS) is 1. The Hall–Kier alpha value is -2.88. The van der Waals surface area contributed by atoms with E-state index >= 15 is 0 Å². The lowest BCUT2D eigenvalue weighted by molar-refractivity contribution is -0.150. The Labute approximate surface area is 154 Å². The van der Waals surface area contributed by atoms with E-state index in [0.29, 0.717) is 13.1 Å². The van der Waals surface area contributed by atoms with Gasteiger partial charge in [-0.3, -0.25) is 9.59 Å². The average Bonchev–Trinajstić information content (AvgIpc) is 2.66. The first-order valence-corrected chi connectivity index (χ1v) is 8.88. The maximum atomic E-state index is 12.4. The summed E-state index contributed by atoms with van der Waals surface area (Å²) in [5.41, 5.74) is 2.99. The average molecular weight is 351 g/mol. The highest BCUT2D eigenvalue weighted by molar-refractivity contribution is 5.97. The molecule has 0 aliphatic rings. The van der Waals surface area contributed by atoms with E-state index in [-0.39, 0.29) is 12.3 Å². The number of benzene rings is 2. The van der Waals surface area contributed by atoms with Crippen molar-refractivity contribution in [2.45, 2.75) is 20.3 Å². The van der Waals surface area contributed by atoms with Crippen LogP contribution in [0.5, 0.6) is 0 Å². The Balaban J connectivity index is 2.07.